The molecule has 1 saturated heterocycles. The second-order valence-corrected chi connectivity index (χ2v) is 5.11. The highest BCUT2D eigenvalue weighted by molar-refractivity contribution is 5.90. The number of hydrogen-bond donors (Lipinski definition) is 1. The second kappa shape index (κ2) is 6.23. The Balaban J connectivity index is 1.90. The Kier molecular flexibility index (Phi) is 4.39. The topological polar surface area (TPSA) is 73.2 Å². The molecule has 0 aliphatic carbocycles. The summed E-state index contributed by atoms with van der Waals surface area (Å²) in [4.78, 5) is 25.0. The van der Waals surface area contributed by atoms with Crippen molar-refractivity contribution in [3.8, 4) is 6.07 Å². The Hall–Kier alpha value is -2.61. The van der Waals surface area contributed by atoms with Gasteiger partial charge in [0.2, 0.25) is 11.8 Å². The van der Waals surface area contributed by atoms with E-state index in [9.17, 15) is 9.59 Å². The van der Waals surface area contributed by atoms with E-state index < -0.39 is 0 Å². The van der Waals surface area contributed by atoms with Gasteiger partial charge >= 0.3 is 0 Å². The van der Waals surface area contributed by atoms with E-state index in [1.807, 2.05) is 13.0 Å². The Morgan fingerprint density at radius 2 is 2.24 bits per heavy atom. The summed E-state index contributed by atoms with van der Waals surface area (Å²) in [6.45, 7) is 6.16. The number of hydrogen-bond acceptors (Lipinski definition) is 3. The lowest BCUT2D eigenvalue weighted by Gasteiger charge is -2.38. The van der Waals surface area contributed by atoms with Gasteiger partial charge in [-0.1, -0.05) is 18.7 Å². The number of carbonyl (C=O) groups excluding carboxylic acids is 2. The summed E-state index contributed by atoms with van der Waals surface area (Å²) in [7, 11) is 0. The molecule has 5 heteroatoms. The van der Waals surface area contributed by atoms with Crippen molar-refractivity contribution in [2.45, 2.75) is 13.0 Å². The molecule has 2 amide bonds. The quantitative estimate of drug-likeness (QED) is 0.848. The first-order valence-electron chi connectivity index (χ1n) is 6.77. The van der Waals surface area contributed by atoms with E-state index in [1.54, 1.807) is 23.1 Å². The number of amides is 2. The van der Waals surface area contributed by atoms with Gasteiger partial charge in [-0.15, -0.1) is 0 Å². The van der Waals surface area contributed by atoms with E-state index >= 15 is 0 Å². The molecule has 1 aromatic rings. The summed E-state index contributed by atoms with van der Waals surface area (Å²) in [5.74, 6) is -0.387. The van der Waals surface area contributed by atoms with Crippen LogP contribution >= 0.6 is 0 Å². The van der Waals surface area contributed by atoms with Crippen molar-refractivity contribution in [2.75, 3.05) is 13.1 Å². The number of nitrogens with one attached hydrogen (secondary N) is 1. The van der Waals surface area contributed by atoms with Gasteiger partial charge in [-0.2, -0.15) is 5.26 Å². The van der Waals surface area contributed by atoms with E-state index in [0.29, 0.717) is 18.7 Å². The minimum Gasteiger partial charge on any atom is -0.349 e. The molecule has 0 radical (unpaired) electrons. The number of benzene rings is 1. The van der Waals surface area contributed by atoms with Crippen LogP contribution in [0, 0.1) is 17.2 Å². The Bertz CT molecular complexity index is 612. The van der Waals surface area contributed by atoms with E-state index in [1.165, 1.54) is 6.08 Å². The smallest absolute Gasteiger partial charge is 0.246 e. The average molecular weight is 283 g/mol. The number of likely N-dealkylation sites (tertiary alicyclic amines) is 1. The average Bonchev–Trinajstić information content (AvgIpc) is 2.45. The van der Waals surface area contributed by atoms with Crippen LogP contribution in [0.4, 0.5) is 0 Å². The van der Waals surface area contributed by atoms with Crippen LogP contribution in [0.25, 0.3) is 0 Å². The van der Waals surface area contributed by atoms with Gasteiger partial charge < -0.3 is 10.2 Å². The summed E-state index contributed by atoms with van der Waals surface area (Å²) >= 11 is 0. The zero-order valence-corrected chi connectivity index (χ0v) is 11.9. The summed E-state index contributed by atoms with van der Waals surface area (Å²) in [5.41, 5.74) is 1.46. The molecule has 1 heterocycles. The van der Waals surface area contributed by atoms with Gasteiger partial charge in [0.1, 0.15) is 0 Å². The molecule has 1 aromatic carbocycles. The number of nitrogens with zero attached hydrogens (tertiary/aromatic N) is 2. The monoisotopic (exact) mass is 283 g/mol. The fourth-order valence-corrected chi connectivity index (χ4v) is 2.25. The minimum absolute atomic E-state index is 0.0713. The van der Waals surface area contributed by atoms with Crippen molar-refractivity contribution in [3.05, 3.63) is 48.0 Å². The van der Waals surface area contributed by atoms with Crippen molar-refractivity contribution in [1.82, 2.24) is 10.2 Å². The molecule has 2 rings (SSSR count). The lowest BCUT2D eigenvalue weighted by Crippen LogP contribution is -2.55. The fraction of sp³-hybridized carbons (Fsp3) is 0.312. The molecule has 1 aliphatic heterocycles. The van der Waals surface area contributed by atoms with E-state index in [4.69, 9.17) is 5.26 Å². The summed E-state index contributed by atoms with van der Waals surface area (Å²) < 4.78 is 0. The first-order chi connectivity index (χ1) is 10.0. The zero-order chi connectivity index (χ0) is 15.4. The molecule has 1 atom stereocenters. The van der Waals surface area contributed by atoms with Crippen molar-refractivity contribution in [1.29, 1.82) is 5.26 Å². The van der Waals surface area contributed by atoms with Crippen LogP contribution in [0.15, 0.2) is 36.9 Å². The second-order valence-electron chi connectivity index (χ2n) is 5.11. The van der Waals surface area contributed by atoms with Crippen LogP contribution in [0.2, 0.25) is 0 Å². The maximum Gasteiger partial charge on any atom is 0.246 e. The maximum absolute atomic E-state index is 12.1. The Labute approximate surface area is 123 Å². The maximum atomic E-state index is 12.1. The normalized spacial score (nSPS) is 15.5. The molecule has 108 valence electrons. The van der Waals surface area contributed by atoms with Crippen LogP contribution in [-0.2, 0) is 9.59 Å². The van der Waals surface area contributed by atoms with Crippen LogP contribution < -0.4 is 5.32 Å². The van der Waals surface area contributed by atoms with Crippen LogP contribution in [0.3, 0.4) is 0 Å². The Morgan fingerprint density at radius 1 is 1.52 bits per heavy atom. The van der Waals surface area contributed by atoms with Crippen molar-refractivity contribution < 1.29 is 9.59 Å². The SMILES string of the molecule is C=CC(=O)N1CC(C(=O)N[C@H](C)c2cccc(C#N)c2)C1. The molecule has 1 N–H and O–H groups in total. The van der Waals surface area contributed by atoms with Crippen molar-refractivity contribution in [3.63, 3.8) is 0 Å². The molecule has 21 heavy (non-hydrogen) atoms. The lowest BCUT2D eigenvalue weighted by atomic mass is 9.97. The number of carbonyl (C=O) groups is 2. The molecular weight excluding hydrogens is 266 g/mol. The first-order valence-corrected chi connectivity index (χ1v) is 6.77. The highest BCUT2D eigenvalue weighted by Gasteiger charge is 2.35. The van der Waals surface area contributed by atoms with Gasteiger partial charge in [-0.05, 0) is 30.7 Å². The van der Waals surface area contributed by atoms with Crippen LogP contribution in [0.5, 0.6) is 0 Å². The van der Waals surface area contributed by atoms with Gasteiger partial charge in [0.05, 0.1) is 23.6 Å². The third-order valence-electron chi connectivity index (χ3n) is 3.61. The predicted octanol–water partition coefficient (Wildman–Crippen LogP) is 1.38. The summed E-state index contributed by atoms with van der Waals surface area (Å²) in [5, 5.41) is 11.8. The molecule has 1 fully saturated rings. The highest BCUT2D eigenvalue weighted by Crippen LogP contribution is 2.19. The molecule has 0 unspecified atom stereocenters. The molecule has 0 saturated carbocycles. The highest BCUT2D eigenvalue weighted by atomic mass is 16.2. The largest absolute Gasteiger partial charge is 0.349 e. The van der Waals surface area contributed by atoms with Crippen molar-refractivity contribution >= 4 is 11.8 Å². The molecule has 0 bridgehead atoms. The van der Waals surface area contributed by atoms with E-state index in [-0.39, 0.29) is 23.8 Å². The molecule has 1 aliphatic rings. The van der Waals surface area contributed by atoms with E-state index in [0.717, 1.165) is 5.56 Å². The molecular formula is C16H17N3O2. The molecule has 0 spiro atoms. The standard InChI is InChI=1S/C16H17N3O2/c1-3-15(20)19-9-14(10-19)16(21)18-11(2)13-6-4-5-12(7-13)8-17/h3-7,11,14H,1,9-10H2,2H3,(H,18,21)/t11-/m1/s1. The van der Waals surface area contributed by atoms with Crippen LogP contribution in [-0.4, -0.2) is 29.8 Å². The van der Waals surface area contributed by atoms with E-state index in [2.05, 4.69) is 18.0 Å². The van der Waals surface area contributed by atoms with Gasteiger partial charge in [0.15, 0.2) is 0 Å². The summed E-state index contributed by atoms with van der Waals surface area (Å²) in [6, 6.07) is 9.07. The molecule has 0 aromatic heterocycles. The zero-order valence-electron chi connectivity index (χ0n) is 11.9. The van der Waals surface area contributed by atoms with Gasteiger partial charge in [-0.3, -0.25) is 9.59 Å². The molecule has 5 nitrogen and oxygen atoms in total. The number of rotatable bonds is 4. The predicted molar refractivity (Wildman–Crippen MR) is 78.0 cm³/mol. The fourth-order valence-electron chi connectivity index (χ4n) is 2.25. The minimum atomic E-state index is -0.171. The first kappa shape index (κ1) is 14.8. The third kappa shape index (κ3) is 3.29. The number of nitriles is 1. The van der Waals surface area contributed by atoms with Crippen LogP contribution in [0.1, 0.15) is 24.1 Å². The van der Waals surface area contributed by atoms with Gasteiger partial charge in [0, 0.05) is 13.1 Å². The lowest BCUT2D eigenvalue weighted by molar-refractivity contribution is -0.139. The summed E-state index contributed by atoms with van der Waals surface area (Å²) in [6.07, 6.45) is 1.25. The Morgan fingerprint density at radius 3 is 2.86 bits per heavy atom. The van der Waals surface area contributed by atoms with Crippen molar-refractivity contribution in [2.24, 2.45) is 5.92 Å². The van der Waals surface area contributed by atoms with Gasteiger partial charge in [-0.25, -0.2) is 0 Å². The third-order valence-corrected chi connectivity index (χ3v) is 3.61. The van der Waals surface area contributed by atoms with Gasteiger partial charge in [0.25, 0.3) is 0 Å².